The second-order valence-corrected chi connectivity index (χ2v) is 10.9. The number of aromatic nitrogens is 7. The Morgan fingerprint density at radius 2 is 1.83 bits per heavy atom. The molecule has 2 atom stereocenters. The third-order valence-electron chi connectivity index (χ3n) is 7.57. The van der Waals surface area contributed by atoms with E-state index in [2.05, 4.69) is 20.5 Å². The molecular formula is C30H29ClN8O2. The number of benzene rings is 1. The van der Waals surface area contributed by atoms with Crippen molar-refractivity contribution in [2.45, 2.75) is 32.2 Å². The summed E-state index contributed by atoms with van der Waals surface area (Å²) in [6.07, 6.45) is 8.82. The molecule has 10 nitrogen and oxygen atoms in total. The van der Waals surface area contributed by atoms with Crippen molar-refractivity contribution in [3.63, 3.8) is 0 Å². The number of aryl methyl sites for hydroxylation is 2. The van der Waals surface area contributed by atoms with Crippen molar-refractivity contribution >= 4 is 23.2 Å². The fourth-order valence-electron chi connectivity index (χ4n) is 5.38. The lowest BCUT2D eigenvalue weighted by Gasteiger charge is -2.22. The molecule has 0 radical (unpaired) electrons. The van der Waals surface area contributed by atoms with Gasteiger partial charge in [-0.1, -0.05) is 31.0 Å². The summed E-state index contributed by atoms with van der Waals surface area (Å²) in [5.41, 5.74) is 5.62. The van der Waals surface area contributed by atoms with E-state index in [4.69, 9.17) is 16.6 Å². The highest BCUT2D eigenvalue weighted by atomic mass is 35.5. The lowest BCUT2D eigenvalue weighted by Crippen LogP contribution is -2.27. The summed E-state index contributed by atoms with van der Waals surface area (Å²) in [7, 11) is 3.69. The summed E-state index contributed by atoms with van der Waals surface area (Å²) in [4.78, 5) is 36.0. The van der Waals surface area contributed by atoms with Crippen LogP contribution in [0.5, 0.6) is 0 Å². The number of pyridine rings is 1. The summed E-state index contributed by atoms with van der Waals surface area (Å²) in [5.74, 6) is -0.265. The zero-order valence-corrected chi connectivity index (χ0v) is 23.7. The second-order valence-electron chi connectivity index (χ2n) is 10.4. The first-order valence-electron chi connectivity index (χ1n) is 13.5. The van der Waals surface area contributed by atoms with Gasteiger partial charge in [-0.15, -0.1) is 0 Å². The van der Waals surface area contributed by atoms with Gasteiger partial charge in [-0.2, -0.15) is 10.2 Å². The summed E-state index contributed by atoms with van der Waals surface area (Å²) >= 11 is 6.36. The summed E-state index contributed by atoms with van der Waals surface area (Å²) < 4.78 is 5.08. The molecule has 5 aromatic rings. The molecule has 1 aromatic carbocycles. The number of carbonyl (C=O) groups excluding carboxylic acids is 1. The molecule has 0 fully saturated rings. The van der Waals surface area contributed by atoms with E-state index in [1.807, 2.05) is 51.5 Å². The molecule has 0 spiro atoms. The van der Waals surface area contributed by atoms with Crippen LogP contribution in [0.4, 0.5) is 5.69 Å². The van der Waals surface area contributed by atoms with Gasteiger partial charge >= 0.3 is 0 Å². The Hall–Kier alpha value is -4.57. The van der Waals surface area contributed by atoms with E-state index in [1.165, 1.54) is 6.07 Å². The molecule has 0 saturated heterocycles. The molecule has 6 rings (SSSR count). The SMILES string of the molecule is C[C@@H]1CCC[C@H](n2cnc(-c3cc(Cl)ccc3-c3ccn(C)n3)cc2=O)c2cc(ccn2)-c2c(cnn2C)NC1=O. The summed E-state index contributed by atoms with van der Waals surface area (Å²) in [6.45, 7) is 1.91. The predicted octanol–water partition coefficient (Wildman–Crippen LogP) is 5.11. The predicted molar refractivity (Wildman–Crippen MR) is 157 cm³/mol. The van der Waals surface area contributed by atoms with Crippen molar-refractivity contribution in [3.05, 3.63) is 88.5 Å². The minimum absolute atomic E-state index is 0.0564. The molecule has 4 aromatic heterocycles. The molecule has 41 heavy (non-hydrogen) atoms. The average Bonchev–Trinajstić information content (AvgIpc) is 3.55. The molecule has 1 aliphatic rings. The van der Waals surface area contributed by atoms with E-state index in [0.717, 1.165) is 40.2 Å². The van der Waals surface area contributed by atoms with Crippen molar-refractivity contribution in [1.82, 2.24) is 34.1 Å². The largest absolute Gasteiger partial charge is 0.323 e. The number of amides is 1. The van der Waals surface area contributed by atoms with Gasteiger partial charge in [0, 0.05) is 60.2 Å². The molecule has 11 heteroatoms. The molecule has 2 bridgehead atoms. The summed E-state index contributed by atoms with van der Waals surface area (Å²) in [5, 5.41) is 12.5. The number of halogens is 1. The zero-order valence-electron chi connectivity index (χ0n) is 23.0. The lowest BCUT2D eigenvalue weighted by atomic mass is 9.97. The standard InChI is InChI=1S/C30H29ClN8O2/c1-18-5-4-6-27(25-13-19(9-11-32-25)29-26(35-30(18)41)16-34-38(29)3)39-17-33-24(15-28(39)40)22-14-20(31)7-8-21(22)23-10-12-37(2)36-23/h7-18,27H,4-6H2,1-3H3,(H,35,41)/t18-,27+/m1/s1. The molecule has 5 heterocycles. The monoisotopic (exact) mass is 568 g/mol. The number of hydrogen-bond donors (Lipinski definition) is 1. The van der Waals surface area contributed by atoms with Gasteiger partial charge in [-0.25, -0.2) is 4.98 Å². The molecule has 208 valence electrons. The molecule has 1 N–H and O–H groups in total. The Morgan fingerprint density at radius 1 is 0.976 bits per heavy atom. The van der Waals surface area contributed by atoms with Gasteiger partial charge in [-0.05, 0) is 43.2 Å². The molecule has 0 saturated carbocycles. The van der Waals surface area contributed by atoms with Crippen LogP contribution in [0.1, 0.15) is 37.9 Å². The molecule has 1 amide bonds. The van der Waals surface area contributed by atoms with Crippen molar-refractivity contribution in [2.24, 2.45) is 20.0 Å². The minimum atomic E-state index is -0.370. The maximum Gasteiger partial charge on any atom is 0.254 e. The van der Waals surface area contributed by atoms with Gasteiger partial charge in [0.1, 0.15) is 0 Å². The van der Waals surface area contributed by atoms with Crippen LogP contribution < -0.4 is 10.9 Å². The Morgan fingerprint density at radius 3 is 2.61 bits per heavy atom. The van der Waals surface area contributed by atoms with Crippen LogP contribution in [0.3, 0.4) is 0 Å². The van der Waals surface area contributed by atoms with Crippen LogP contribution in [0, 0.1) is 5.92 Å². The van der Waals surface area contributed by atoms with Crippen LogP contribution in [0.25, 0.3) is 33.8 Å². The van der Waals surface area contributed by atoms with Crippen LogP contribution in [0.2, 0.25) is 5.02 Å². The number of anilines is 1. The van der Waals surface area contributed by atoms with Crippen molar-refractivity contribution < 1.29 is 4.79 Å². The number of nitrogens with one attached hydrogen (secondary N) is 1. The van der Waals surface area contributed by atoms with Crippen LogP contribution >= 0.6 is 11.6 Å². The first-order valence-corrected chi connectivity index (χ1v) is 13.8. The molecule has 0 unspecified atom stereocenters. The van der Waals surface area contributed by atoms with Gasteiger partial charge in [0.15, 0.2) is 0 Å². The Kier molecular flexibility index (Phi) is 7.00. The highest BCUT2D eigenvalue weighted by Gasteiger charge is 2.24. The van der Waals surface area contributed by atoms with Gasteiger partial charge in [0.05, 0.1) is 47.0 Å². The molecule has 0 aliphatic carbocycles. The molecule has 1 aliphatic heterocycles. The summed E-state index contributed by atoms with van der Waals surface area (Å²) in [6, 6.07) is 12.4. The maximum atomic E-state index is 13.7. The van der Waals surface area contributed by atoms with Crippen LogP contribution in [0.15, 0.2) is 72.2 Å². The number of hydrogen-bond acceptors (Lipinski definition) is 6. The smallest absolute Gasteiger partial charge is 0.254 e. The van der Waals surface area contributed by atoms with E-state index in [9.17, 15) is 9.59 Å². The van der Waals surface area contributed by atoms with E-state index in [-0.39, 0.29) is 23.4 Å². The first-order chi connectivity index (χ1) is 19.8. The number of fused-ring (bicyclic) bond motifs is 4. The normalized spacial score (nSPS) is 17.3. The highest BCUT2D eigenvalue weighted by molar-refractivity contribution is 6.31. The fourth-order valence-corrected chi connectivity index (χ4v) is 5.56. The average molecular weight is 569 g/mol. The highest BCUT2D eigenvalue weighted by Crippen LogP contribution is 2.34. The van der Waals surface area contributed by atoms with Gasteiger partial charge in [-0.3, -0.25) is 28.5 Å². The van der Waals surface area contributed by atoms with Gasteiger partial charge in [0.2, 0.25) is 5.91 Å². The topological polar surface area (TPSA) is 113 Å². The third kappa shape index (κ3) is 5.18. The third-order valence-corrected chi connectivity index (χ3v) is 7.81. The van der Waals surface area contributed by atoms with E-state index in [0.29, 0.717) is 29.2 Å². The first kappa shape index (κ1) is 26.6. The molecular weight excluding hydrogens is 540 g/mol. The maximum absolute atomic E-state index is 13.7. The second kappa shape index (κ2) is 10.8. The Labute approximate surface area is 241 Å². The Bertz CT molecular complexity index is 1820. The van der Waals surface area contributed by atoms with E-state index >= 15 is 0 Å². The number of nitrogens with zero attached hydrogens (tertiary/aromatic N) is 7. The number of carbonyl (C=O) groups is 1. The minimum Gasteiger partial charge on any atom is -0.323 e. The fraction of sp³-hybridized carbons (Fsp3) is 0.267. The Balaban J connectivity index is 1.44. The van der Waals surface area contributed by atoms with E-state index in [1.54, 1.807) is 44.8 Å². The van der Waals surface area contributed by atoms with Crippen molar-refractivity contribution in [2.75, 3.05) is 5.32 Å². The lowest BCUT2D eigenvalue weighted by molar-refractivity contribution is -0.119. The van der Waals surface area contributed by atoms with Crippen molar-refractivity contribution in [3.8, 4) is 33.8 Å². The van der Waals surface area contributed by atoms with Gasteiger partial charge < -0.3 is 5.32 Å². The van der Waals surface area contributed by atoms with E-state index < -0.39 is 0 Å². The van der Waals surface area contributed by atoms with Crippen molar-refractivity contribution in [1.29, 1.82) is 0 Å². The number of rotatable bonds is 3. The van der Waals surface area contributed by atoms with Crippen LogP contribution in [-0.2, 0) is 18.9 Å². The van der Waals surface area contributed by atoms with Crippen LogP contribution in [-0.4, -0.2) is 40.0 Å². The zero-order chi connectivity index (χ0) is 28.7. The quantitative estimate of drug-likeness (QED) is 0.324. The van der Waals surface area contributed by atoms with Gasteiger partial charge in [0.25, 0.3) is 5.56 Å².